The molecule has 0 heterocycles. The molecule has 0 aromatic heterocycles. The molecule has 0 aliphatic rings. The van der Waals surface area contributed by atoms with Crippen molar-refractivity contribution in [2.75, 3.05) is 0 Å². The normalized spacial score (nSPS) is 9.56. The summed E-state index contributed by atoms with van der Waals surface area (Å²) in [5, 5.41) is 8.94. The van der Waals surface area contributed by atoms with Crippen molar-refractivity contribution < 1.29 is 5.11 Å². The van der Waals surface area contributed by atoms with Gasteiger partial charge < -0.3 is 5.11 Å². The molecule has 1 heteroatoms. The van der Waals surface area contributed by atoms with E-state index in [9.17, 15) is 0 Å². The Morgan fingerprint density at radius 2 is 1.78 bits per heavy atom. The van der Waals surface area contributed by atoms with Gasteiger partial charge in [-0.15, -0.1) is 0 Å². The SMILES string of the molecule is [13CH3][13c]1[13cH][13cH][13c](O)[13cH][13c]1[13CH3]. The summed E-state index contributed by atoms with van der Waals surface area (Å²) >= 11 is 0. The van der Waals surface area contributed by atoms with Crippen molar-refractivity contribution in [1.82, 2.24) is 0 Å². The van der Waals surface area contributed by atoms with E-state index in [1.807, 2.05) is 19.9 Å². The Labute approximate surface area is 55.0 Å². The van der Waals surface area contributed by atoms with Gasteiger partial charge in [-0.2, -0.15) is 0 Å². The van der Waals surface area contributed by atoms with E-state index in [0.717, 1.165) is 5.56 Å². The molecular weight excluding hydrogens is 120 g/mol. The molecule has 0 amide bonds. The average Bonchev–Trinajstić information content (AvgIpc) is 1.80. The van der Waals surface area contributed by atoms with Crippen molar-refractivity contribution in [3.8, 4) is 5.75 Å². The highest BCUT2D eigenvalue weighted by Crippen LogP contribution is 2.13. The van der Waals surface area contributed by atoms with Gasteiger partial charge in [-0.1, -0.05) is 6.07 Å². The van der Waals surface area contributed by atoms with Crippen LogP contribution in [0.3, 0.4) is 0 Å². The van der Waals surface area contributed by atoms with E-state index in [4.69, 9.17) is 5.11 Å². The van der Waals surface area contributed by atoms with Crippen LogP contribution >= 0.6 is 0 Å². The highest BCUT2D eigenvalue weighted by Gasteiger charge is 1.90. The summed E-state index contributed by atoms with van der Waals surface area (Å²) in [6.07, 6.45) is 0. The quantitative estimate of drug-likeness (QED) is 0.532. The Hall–Kier alpha value is -0.980. The monoisotopic (exact) mass is 130 g/mol. The van der Waals surface area contributed by atoms with Crippen LogP contribution in [-0.4, -0.2) is 5.11 Å². The van der Waals surface area contributed by atoms with Gasteiger partial charge in [0, 0.05) is 0 Å². The molecule has 48 valence electrons. The number of rotatable bonds is 0. The van der Waals surface area contributed by atoms with Crippen molar-refractivity contribution in [3.63, 3.8) is 0 Å². The lowest BCUT2D eigenvalue weighted by atomic mass is 11.1. The minimum absolute atomic E-state index is 0.345. The first-order chi connectivity index (χ1) is 4.20. The third-order valence-electron chi connectivity index (χ3n) is 1.49. The predicted octanol–water partition coefficient (Wildman–Crippen LogP) is 2.01. The topological polar surface area (TPSA) is 20.2 Å². The molecule has 1 aromatic carbocycles. The fraction of sp³-hybridized carbons (Fsp3) is 0.250. The molecule has 0 saturated heterocycles. The molecule has 0 aliphatic carbocycles. The van der Waals surface area contributed by atoms with Crippen LogP contribution in [0.25, 0.3) is 0 Å². The summed E-state index contributed by atoms with van der Waals surface area (Å²) in [6, 6.07) is 5.36. The van der Waals surface area contributed by atoms with E-state index in [1.165, 1.54) is 5.56 Å². The predicted molar refractivity (Wildman–Crippen MR) is 37.6 cm³/mol. The second-order valence-corrected chi connectivity index (χ2v) is 2.27. The molecule has 0 spiro atoms. The lowest BCUT2D eigenvalue weighted by Gasteiger charge is -1.97. The first kappa shape index (κ1) is 6.14. The van der Waals surface area contributed by atoms with Gasteiger partial charge in [0.25, 0.3) is 0 Å². The van der Waals surface area contributed by atoms with Crippen LogP contribution in [0.2, 0.25) is 0 Å². The number of benzene rings is 1. The Bertz CT molecular complexity index is 216. The number of aromatic hydroxyl groups is 1. The van der Waals surface area contributed by atoms with Gasteiger partial charge in [-0.05, 0) is 37.1 Å². The number of phenolic OH excluding ortho intramolecular Hbond substituents is 1. The van der Waals surface area contributed by atoms with E-state index in [2.05, 4.69) is 0 Å². The molecule has 1 N–H and O–H groups in total. The second kappa shape index (κ2) is 2.09. The summed E-state index contributed by atoms with van der Waals surface area (Å²) in [6.45, 7) is 4.00. The minimum Gasteiger partial charge on any atom is -0.508 e. The van der Waals surface area contributed by atoms with Gasteiger partial charge in [0.2, 0.25) is 0 Å². The van der Waals surface area contributed by atoms with Crippen LogP contribution in [0.15, 0.2) is 18.2 Å². The maximum absolute atomic E-state index is 8.94. The maximum atomic E-state index is 8.94. The molecule has 0 atom stereocenters. The third kappa shape index (κ3) is 1.22. The second-order valence-electron chi connectivity index (χ2n) is 2.27. The molecule has 0 unspecified atom stereocenters. The van der Waals surface area contributed by atoms with Crippen LogP contribution in [0, 0.1) is 13.8 Å². The van der Waals surface area contributed by atoms with Gasteiger partial charge in [-0.3, -0.25) is 0 Å². The molecule has 9 heavy (non-hydrogen) atoms. The molecular formula is C8H10O. The highest BCUT2D eigenvalue weighted by molar-refractivity contribution is 5.32. The molecule has 0 radical (unpaired) electrons. The Morgan fingerprint density at radius 3 is 2.22 bits per heavy atom. The molecule has 0 fully saturated rings. The summed E-state index contributed by atoms with van der Waals surface area (Å²) in [7, 11) is 0. The van der Waals surface area contributed by atoms with E-state index >= 15 is 0 Å². The zero-order chi connectivity index (χ0) is 6.85. The van der Waals surface area contributed by atoms with Crippen molar-refractivity contribution >= 4 is 0 Å². The Morgan fingerprint density at radius 1 is 1.11 bits per heavy atom. The smallest absolute Gasteiger partial charge is 0.115 e. The summed E-state index contributed by atoms with van der Waals surface area (Å²) < 4.78 is 0. The van der Waals surface area contributed by atoms with E-state index in [-0.39, 0.29) is 0 Å². The number of hydrogen-bond acceptors (Lipinski definition) is 1. The van der Waals surface area contributed by atoms with Gasteiger partial charge in [-0.25, -0.2) is 0 Å². The van der Waals surface area contributed by atoms with Crippen molar-refractivity contribution in [3.05, 3.63) is 29.3 Å². The highest BCUT2D eigenvalue weighted by atomic mass is 16.3. The summed E-state index contributed by atoms with van der Waals surface area (Å²) in [5.41, 5.74) is 2.35. The molecule has 1 aromatic rings. The molecule has 0 aliphatic heterocycles. The van der Waals surface area contributed by atoms with Crippen LogP contribution in [0.4, 0.5) is 0 Å². The van der Waals surface area contributed by atoms with Crippen LogP contribution in [0.5, 0.6) is 5.75 Å². The van der Waals surface area contributed by atoms with E-state index < -0.39 is 0 Å². The molecule has 1 nitrogen and oxygen atoms in total. The van der Waals surface area contributed by atoms with Crippen molar-refractivity contribution in [2.45, 2.75) is 13.8 Å². The van der Waals surface area contributed by atoms with Gasteiger partial charge in [0.1, 0.15) is 5.75 Å². The van der Waals surface area contributed by atoms with Gasteiger partial charge >= 0.3 is 0 Å². The first-order valence-electron chi connectivity index (χ1n) is 2.96. The van der Waals surface area contributed by atoms with E-state index in [1.54, 1.807) is 12.1 Å². The van der Waals surface area contributed by atoms with E-state index in [0.29, 0.717) is 5.75 Å². The van der Waals surface area contributed by atoms with Crippen molar-refractivity contribution in [2.24, 2.45) is 0 Å². The Balaban J connectivity index is 3.17. The molecule has 1 rings (SSSR count). The zero-order valence-corrected chi connectivity index (χ0v) is 5.68. The lowest BCUT2D eigenvalue weighted by molar-refractivity contribution is 0.474. The number of hydrogen-bond donors (Lipinski definition) is 1. The number of phenols is 1. The summed E-state index contributed by atoms with van der Waals surface area (Å²) in [5.74, 6) is 0.345. The van der Waals surface area contributed by atoms with Crippen LogP contribution < -0.4 is 0 Å². The van der Waals surface area contributed by atoms with Gasteiger partial charge in [0.15, 0.2) is 0 Å². The van der Waals surface area contributed by atoms with Crippen molar-refractivity contribution in [1.29, 1.82) is 0 Å². The maximum Gasteiger partial charge on any atom is 0.115 e. The van der Waals surface area contributed by atoms with Gasteiger partial charge in [0.05, 0.1) is 0 Å². The third-order valence-corrected chi connectivity index (χ3v) is 1.49. The summed E-state index contributed by atoms with van der Waals surface area (Å²) in [4.78, 5) is 0. The zero-order valence-electron chi connectivity index (χ0n) is 5.68. The van der Waals surface area contributed by atoms with Crippen LogP contribution in [-0.2, 0) is 0 Å². The van der Waals surface area contributed by atoms with Crippen LogP contribution in [0.1, 0.15) is 11.1 Å². The minimum atomic E-state index is 0.345. The lowest BCUT2D eigenvalue weighted by Crippen LogP contribution is -1.76. The number of aryl methyl sites for hydroxylation is 2. The first-order valence-corrected chi connectivity index (χ1v) is 2.96. The fourth-order valence-corrected chi connectivity index (χ4v) is 0.726. The Kier molecular flexibility index (Phi) is 1.43. The fourth-order valence-electron chi connectivity index (χ4n) is 0.726. The molecule has 0 bridgehead atoms. The standard InChI is InChI=1S/C8H10O/c1-6-3-4-8(9)5-7(6)2/h3-5,9H,1-2H3/i1+1,2+1,3+1,4+1,5+1,6+1,7+1,8+1. The average molecular weight is 130 g/mol. The largest absolute Gasteiger partial charge is 0.508 e. The molecule has 0 saturated carbocycles.